The molecule has 1 rings (SSSR count). The molecule has 0 radical (unpaired) electrons. The molecular weight excluding hydrogens is 232 g/mol. The first-order valence-corrected chi connectivity index (χ1v) is 8.38. The largest absolute Gasteiger partial charge is 0.309 e. The van der Waals surface area contributed by atoms with E-state index in [4.69, 9.17) is 0 Å². The molecule has 2 unspecified atom stereocenters. The van der Waals surface area contributed by atoms with Crippen molar-refractivity contribution in [2.75, 3.05) is 13.1 Å². The lowest BCUT2D eigenvalue weighted by molar-refractivity contribution is 0.0339. The summed E-state index contributed by atoms with van der Waals surface area (Å²) < 4.78 is 0. The molecule has 2 atom stereocenters. The van der Waals surface area contributed by atoms with Gasteiger partial charge in [-0.2, -0.15) is 0 Å². The Morgan fingerprint density at radius 2 is 1.84 bits per heavy atom. The number of piperazine rings is 1. The summed E-state index contributed by atoms with van der Waals surface area (Å²) in [5, 5.41) is 3.71. The lowest BCUT2D eigenvalue weighted by atomic mass is 9.90. The van der Waals surface area contributed by atoms with E-state index in [1.165, 1.54) is 38.6 Å². The van der Waals surface area contributed by atoms with E-state index in [0.29, 0.717) is 6.04 Å². The molecule has 19 heavy (non-hydrogen) atoms. The lowest BCUT2D eigenvalue weighted by Crippen LogP contribution is -2.64. The fourth-order valence-corrected chi connectivity index (χ4v) is 3.26. The summed E-state index contributed by atoms with van der Waals surface area (Å²) in [5.41, 5.74) is 0.267. The average molecular weight is 268 g/mol. The van der Waals surface area contributed by atoms with Gasteiger partial charge in [-0.05, 0) is 33.1 Å². The molecule has 1 heterocycles. The van der Waals surface area contributed by atoms with Crippen LogP contribution in [0.2, 0.25) is 0 Å². The van der Waals surface area contributed by atoms with Crippen LogP contribution in [-0.4, -0.2) is 35.6 Å². The van der Waals surface area contributed by atoms with Crippen LogP contribution in [0.25, 0.3) is 0 Å². The van der Waals surface area contributed by atoms with Crippen molar-refractivity contribution in [1.82, 2.24) is 10.2 Å². The number of hydrogen-bond donors (Lipinski definition) is 1. The Hall–Kier alpha value is -0.0800. The van der Waals surface area contributed by atoms with Crippen molar-refractivity contribution in [2.24, 2.45) is 5.92 Å². The third-order valence-corrected chi connectivity index (χ3v) is 4.60. The molecular formula is C17H36N2. The zero-order chi connectivity index (χ0) is 14.5. The number of rotatable bonds is 7. The summed E-state index contributed by atoms with van der Waals surface area (Å²) in [6.07, 6.45) is 6.89. The Kier molecular flexibility index (Phi) is 6.82. The summed E-state index contributed by atoms with van der Waals surface area (Å²) in [6, 6.07) is 1.43. The molecule has 1 N–H and O–H groups in total. The van der Waals surface area contributed by atoms with Gasteiger partial charge in [0.05, 0.1) is 0 Å². The van der Waals surface area contributed by atoms with Gasteiger partial charge in [0, 0.05) is 30.7 Å². The maximum atomic E-state index is 3.71. The maximum absolute atomic E-state index is 3.71. The molecule has 0 aromatic carbocycles. The van der Waals surface area contributed by atoms with E-state index in [0.717, 1.165) is 18.5 Å². The van der Waals surface area contributed by atoms with Crippen molar-refractivity contribution in [3.8, 4) is 0 Å². The van der Waals surface area contributed by atoms with Crippen molar-refractivity contribution in [3.63, 3.8) is 0 Å². The quantitative estimate of drug-likeness (QED) is 0.701. The fraction of sp³-hybridized carbons (Fsp3) is 1.00. The normalized spacial score (nSPS) is 25.7. The smallest absolute Gasteiger partial charge is 0.0253 e. The van der Waals surface area contributed by atoms with E-state index in [2.05, 4.69) is 51.8 Å². The summed E-state index contributed by atoms with van der Waals surface area (Å²) in [7, 11) is 0. The van der Waals surface area contributed by atoms with Gasteiger partial charge in [-0.15, -0.1) is 0 Å². The van der Waals surface area contributed by atoms with Gasteiger partial charge in [0.1, 0.15) is 0 Å². The van der Waals surface area contributed by atoms with E-state index < -0.39 is 0 Å². The van der Waals surface area contributed by atoms with Gasteiger partial charge in [0.15, 0.2) is 0 Å². The van der Waals surface area contributed by atoms with E-state index in [-0.39, 0.29) is 5.54 Å². The van der Waals surface area contributed by atoms with Gasteiger partial charge in [-0.25, -0.2) is 0 Å². The average Bonchev–Trinajstić information content (AvgIpc) is 2.32. The minimum atomic E-state index is 0.267. The van der Waals surface area contributed by atoms with Crippen molar-refractivity contribution >= 4 is 0 Å². The molecule has 0 spiro atoms. The molecule has 1 aliphatic heterocycles. The number of nitrogens with zero attached hydrogens (tertiary/aromatic N) is 1. The predicted molar refractivity (Wildman–Crippen MR) is 85.6 cm³/mol. The minimum absolute atomic E-state index is 0.267. The van der Waals surface area contributed by atoms with E-state index in [9.17, 15) is 0 Å². The fourth-order valence-electron chi connectivity index (χ4n) is 3.26. The van der Waals surface area contributed by atoms with Gasteiger partial charge >= 0.3 is 0 Å². The molecule has 1 fully saturated rings. The Labute approximate surface area is 121 Å². The number of hydrogen-bond acceptors (Lipinski definition) is 2. The third kappa shape index (κ3) is 5.43. The SMILES string of the molecule is CCCCCCC(C)N1CC(C)(C)NCC1C(C)C. The van der Waals surface area contributed by atoms with Gasteiger partial charge in [-0.3, -0.25) is 4.90 Å². The van der Waals surface area contributed by atoms with Crippen molar-refractivity contribution in [3.05, 3.63) is 0 Å². The second kappa shape index (κ2) is 7.64. The maximum Gasteiger partial charge on any atom is 0.0253 e. The second-order valence-electron chi connectivity index (χ2n) is 7.45. The molecule has 1 saturated heterocycles. The van der Waals surface area contributed by atoms with Gasteiger partial charge in [0.2, 0.25) is 0 Å². The van der Waals surface area contributed by atoms with Crippen LogP contribution in [0.1, 0.15) is 73.6 Å². The van der Waals surface area contributed by atoms with Crippen LogP contribution >= 0.6 is 0 Å². The summed E-state index contributed by atoms with van der Waals surface area (Å²) in [4.78, 5) is 2.77. The number of unbranched alkanes of at least 4 members (excludes halogenated alkanes) is 3. The van der Waals surface area contributed by atoms with Crippen LogP contribution in [0.3, 0.4) is 0 Å². The molecule has 0 aromatic heterocycles. The zero-order valence-corrected chi connectivity index (χ0v) is 14.1. The standard InChI is InChI=1S/C17H36N2/c1-7-8-9-10-11-15(4)19-13-17(5,6)18-12-16(19)14(2)3/h14-16,18H,7-13H2,1-6H3. The van der Waals surface area contributed by atoms with Crippen molar-refractivity contribution < 1.29 is 0 Å². The van der Waals surface area contributed by atoms with E-state index in [1.54, 1.807) is 0 Å². The van der Waals surface area contributed by atoms with Crippen molar-refractivity contribution in [1.29, 1.82) is 0 Å². The van der Waals surface area contributed by atoms with Gasteiger partial charge in [-0.1, -0.05) is 46.5 Å². The number of nitrogens with one attached hydrogen (secondary N) is 1. The molecule has 2 heteroatoms. The highest BCUT2D eigenvalue weighted by atomic mass is 15.3. The highest BCUT2D eigenvalue weighted by Crippen LogP contribution is 2.24. The summed E-state index contributed by atoms with van der Waals surface area (Å²) >= 11 is 0. The van der Waals surface area contributed by atoms with Crippen LogP contribution < -0.4 is 5.32 Å². The Morgan fingerprint density at radius 3 is 2.42 bits per heavy atom. The van der Waals surface area contributed by atoms with E-state index >= 15 is 0 Å². The molecule has 0 aromatic rings. The van der Waals surface area contributed by atoms with E-state index in [1.807, 2.05) is 0 Å². The van der Waals surface area contributed by atoms with Crippen molar-refractivity contribution in [2.45, 2.75) is 91.3 Å². The highest BCUT2D eigenvalue weighted by Gasteiger charge is 2.35. The molecule has 0 bridgehead atoms. The van der Waals surface area contributed by atoms with Gasteiger partial charge < -0.3 is 5.32 Å². The second-order valence-corrected chi connectivity index (χ2v) is 7.45. The van der Waals surface area contributed by atoms with Crippen LogP contribution in [-0.2, 0) is 0 Å². The van der Waals surface area contributed by atoms with Crippen LogP contribution in [0.4, 0.5) is 0 Å². The Morgan fingerprint density at radius 1 is 1.16 bits per heavy atom. The third-order valence-electron chi connectivity index (χ3n) is 4.60. The predicted octanol–water partition coefficient (Wildman–Crippen LogP) is 4.05. The Balaban J connectivity index is 2.53. The van der Waals surface area contributed by atoms with Gasteiger partial charge in [0.25, 0.3) is 0 Å². The highest BCUT2D eigenvalue weighted by molar-refractivity contribution is 4.95. The molecule has 0 aliphatic carbocycles. The zero-order valence-electron chi connectivity index (χ0n) is 14.1. The molecule has 0 amide bonds. The van der Waals surface area contributed by atoms with Crippen LogP contribution in [0, 0.1) is 5.92 Å². The summed E-state index contributed by atoms with van der Waals surface area (Å²) in [6.45, 7) is 16.4. The molecule has 114 valence electrons. The first-order chi connectivity index (χ1) is 8.87. The Bertz CT molecular complexity index is 248. The topological polar surface area (TPSA) is 15.3 Å². The first kappa shape index (κ1) is 17.0. The molecule has 0 saturated carbocycles. The minimum Gasteiger partial charge on any atom is -0.309 e. The monoisotopic (exact) mass is 268 g/mol. The lowest BCUT2D eigenvalue weighted by Gasteiger charge is -2.49. The molecule has 2 nitrogen and oxygen atoms in total. The van der Waals surface area contributed by atoms with Crippen LogP contribution in [0.5, 0.6) is 0 Å². The van der Waals surface area contributed by atoms with Crippen LogP contribution in [0.15, 0.2) is 0 Å². The molecule has 1 aliphatic rings. The summed E-state index contributed by atoms with van der Waals surface area (Å²) in [5.74, 6) is 0.738. The first-order valence-electron chi connectivity index (χ1n) is 8.38.